The molecule has 0 bridgehead atoms. The Labute approximate surface area is 224 Å². The normalized spacial score (nSPS) is 16.9. The number of benzene rings is 1. The van der Waals surface area contributed by atoms with Crippen molar-refractivity contribution in [1.29, 1.82) is 0 Å². The molecule has 1 aliphatic rings. The molecule has 0 saturated carbocycles. The molecule has 1 aromatic carbocycles. The highest BCUT2D eigenvalue weighted by Gasteiger charge is 2.40. The number of rotatable bonds is 13. The van der Waals surface area contributed by atoms with Crippen LogP contribution in [0.3, 0.4) is 0 Å². The summed E-state index contributed by atoms with van der Waals surface area (Å²) in [5.41, 5.74) is 1.07. The van der Waals surface area contributed by atoms with Crippen LogP contribution in [0, 0.1) is 10.1 Å². The first kappa shape index (κ1) is 29.7. The van der Waals surface area contributed by atoms with Gasteiger partial charge in [0.2, 0.25) is 0 Å². The van der Waals surface area contributed by atoms with Crippen molar-refractivity contribution in [3.8, 4) is 0 Å². The topological polar surface area (TPSA) is 183 Å². The van der Waals surface area contributed by atoms with Crippen molar-refractivity contribution in [2.75, 3.05) is 33.4 Å². The maximum Gasteiger partial charge on any atom is 0.421 e. The Bertz CT molecular complexity index is 1360. The summed E-state index contributed by atoms with van der Waals surface area (Å²) in [6.45, 7) is 2.31. The Morgan fingerprint density at radius 3 is 2.58 bits per heavy atom. The monoisotopic (exact) mass is 592 g/mol. The molecule has 2 heterocycles. The Morgan fingerprint density at radius 2 is 1.95 bits per heavy atom. The number of ether oxygens (including phenoxy) is 2. The minimum absolute atomic E-state index is 0.111. The highest BCUT2D eigenvalue weighted by Crippen LogP contribution is 2.40. The number of sulfonamides is 2. The number of likely N-dealkylation sites (N-methyl/N-ethyl adjacent to an activating group) is 1. The number of thiophene rings is 1. The first-order chi connectivity index (χ1) is 18.0. The number of amides is 1. The summed E-state index contributed by atoms with van der Waals surface area (Å²) in [5, 5.41) is 12.7. The van der Waals surface area contributed by atoms with Gasteiger partial charge in [0.15, 0.2) is 0 Å². The van der Waals surface area contributed by atoms with E-state index in [1.165, 1.54) is 29.6 Å². The zero-order valence-electron chi connectivity index (χ0n) is 20.6. The second-order valence-corrected chi connectivity index (χ2v) is 13.2. The van der Waals surface area contributed by atoms with E-state index in [9.17, 15) is 31.7 Å². The molecule has 1 aromatic heterocycles. The van der Waals surface area contributed by atoms with Crippen molar-refractivity contribution in [2.24, 2.45) is 0 Å². The van der Waals surface area contributed by atoms with E-state index in [0.717, 1.165) is 0 Å². The standard InChI is InChI=1S/C21H28N4O10S3/c1-3-22-18-12-24(9-6-10-33-2)38(31,32)20-17(18)11-19(36-20)37(29,30)23-21(26)34-13-15-7-4-5-8-16(15)14-35-25(27)28/h4-5,7-8,11,18,22H,3,6,9-10,12-14H2,1-2H3,(H,23,26)/t18-/m0/s1. The molecule has 0 fully saturated rings. The molecule has 0 unspecified atom stereocenters. The van der Waals surface area contributed by atoms with E-state index in [1.54, 1.807) is 16.9 Å². The van der Waals surface area contributed by atoms with Crippen LogP contribution in [0.4, 0.5) is 4.79 Å². The third kappa shape index (κ3) is 7.17. The van der Waals surface area contributed by atoms with E-state index in [0.29, 0.717) is 47.6 Å². The molecule has 17 heteroatoms. The summed E-state index contributed by atoms with van der Waals surface area (Å²) in [4.78, 5) is 27.1. The van der Waals surface area contributed by atoms with E-state index >= 15 is 0 Å². The fraction of sp³-hybridized carbons (Fsp3) is 0.476. The van der Waals surface area contributed by atoms with Gasteiger partial charge < -0.3 is 19.6 Å². The van der Waals surface area contributed by atoms with Crippen LogP contribution in [0.25, 0.3) is 0 Å². The van der Waals surface area contributed by atoms with Gasteiger partial charge in [0, 0.05) is 38.4 Å². The lowest BCUT2D eigenvalue weighted by atomic mass is 10.1. The van der Waals surface area contributed by atoms with Crippen LogP contribution in [-0.4, -0.2) is 65.7 Å². The quantitative estimate of drug-likeness (QED) is 0.196. The van der Waals surface area contributed by atoms with E-state index in [2.05, 4.69) is 10.2 Å². The molecule has 0 aliphatic carbocycles. The Balaban J connectivity index is 1.76. The summed E-state index contributed by atoms with van der Waals surface area (Å²) in [7, 11) is -6.91. The second-order valence-electron chi connectivity index (χ2n) is 8.08. The molecule has 0 saturated heterocycles. The number of nitrogens with one attached hydrogen (secondary N) is 2. The molecule has 1 amide bonds. The number of nitrogens with zero attached hydrogens (tertiary/aromatic N) is 2. The Hall–Kier alpha value is -2.83. The summed E-state index contributed by atoms with van der Waals surface area (Å²) in [6, 6.07) is 7.10. The van der Waals surface area contributed by atoms with Gasteiger partial charge in [-0.3, -0.25) is 0 Å². The highest BCUT2D eigenvalue weighted by molar-refractivity contribution is 7.94. The van der Waals surface area contributed by atoms with Crippen molar-refractivity contribution in [3.63, 3.8) is 0 Å². The lowest BCUT2D eigenvalue weighted by Crippen LogP contribution is -2.43. The van der Waals surface area contributed by atoms with Crippen molar-refractivity contribution in [2.45, 2.75) is 41.0 Å². The number of carbonyl (C=O) groups excluding carboxylic acids is 1. The van der Waals surface area contributed by atoms with Gasteiger partial charge in [0.05, 0.1) is 0 Å². The molecule has 0 spiro atoms. The lowest BCUT2D eigenvalue weighted by Gasteiger charge is -2.32. The molecule has 0 radical (unpaired) electrons. The van der Waals surface area contributed by atoms with Crippen LogP contribution in [0.5, 0.6) is 0 Å². The van der Waals surface area contributed by atoms with E-state index in [-0.39, 0.29) is 34.7 Å². The molecule has 2 N–H and O–H groups in total. The van der Waals surface area contributed by atoms with Crippen LogP contribution in [-0.2, 0) is 47.6 Å². The van der Waals surface area contributed by atoms with Gasteiger partial charge in [-0.05, 0) is 30.2 Å². The van der Waals surface area contributed by atoms with Crippen LogP contribution >= 0.6 is 11.3 Å². The van der Waals surface area contributed by atoms with Crippen LogP contribution in [0.1, 0.15) is 36.1 Å². The van der Waals surface area contributed by atoms with E-state index in [4.69, 9.17) is 9.47 Å². The first-order valence-electron chi connectivity index (χ1n) is 11.4. The van der Waals surface area contributed by atoms with Gasteiger partial charge in [-0.1, -0.05) is 31.2 Å². The van der Waals surface area contributed by atoms with Gasteiger partial charge in [-0.25, -0.2) is 26.4 Å². The van der Waals surface area contributed by atoms with Gasteiger partial charge in [0.25, 0.3) is 25.1 Å². The van der Waals surface area contributed by atoms with Crippen LogP contribution < -0.4 is 10.0 Å². The van der Waals surface area contributed by atoms with Gasteiger partial charge in [-0.2, -0.15) is 4.31 Å². The minimum atomic E-state index is -4.47. The molecule has 2 aromatic rings. The zero-order valence-corrected chi connectivity index (χ0v) is 23.1. The van der Waals surface area contributed by atoms with Crippen molar-refractivity contribution < 1.29 is 41.0 Å². The van der Waals surface area contributed by atoms with Crippen molar-refractivity contribution >= 4 is 37.5 Å². The largest absolute Gasteiger partial charge is 0.444 e. The molecular formula is C21H28N4O10S3. The zero-order chi connectivity index (χ0) is 27.9. The number of hydrogen-bond donors (Lipinski definition) is 2. The molecule has 1 atom stereocenters. The first-order valence-corrected chi connectivity index (χ1v) is 15.1. The predicted molar refractivity (Wildman–Crippen MR) is 135 cm³/mol. The van der Waals surface area contributed by atoms with Crippen LogP contribution in [0.2, 0.25) is 0 Å². The molecule has 14 nitrogen and oxygen atoms in total. The molecule has 210 valence electrons. The lowest BCUT2D eigenvalue weighted by molar-refractivity contribution is -0.763. The third-order valence-electron chi connectivity index (χ3n) is 5.53. The predicted octanol–water partition coefficient (Wildman–Crippen LogP) is 1.76. The fourth-order valence-corrected chi connectivity index (χ4v) is 8.55. The number of carbonyl (C=O) groups is 1. The maximum atomic E-state index is 13.2. The van der Waals surface area contributed by atoms with E-state index < -0.39 is 37.3 Å². The number of fused-ring (bicyclic) bond motifs is 1. The molecule has 1 aliphatic heterocycles. The summed E-state index contributed by atoms with van der Waals surface area (Å²) < 4.78 is 64.9. The van der Waals surface area contributed by atoms with Crippen LogP contribution in [0.15, 0.2) is 38.8 Å². The van der Waals surface area contributed by atoms with Crippen molar-refractivity contribution in [3.05, 3.63) is 57.1 Å². The Kier molecular flexibility index (Phi) is 10.0. The maximum absolute atomic E-state index is 13.2. The summed E-state index contributed by atoms with van der Waals surface area (Å²) >= 11 is 0.550. The summed E-state index contributed by atoms with van der Waals surface area (Å²) in [5.74, 6) is 0. The fourth-order valence-electron chi connectivity index (χ4n) is 3.77. The molecule has 38 heavy (non-hydrogen) atoms. The SMILES string of the molecule is CCN[C@H]1CN(CCCOC)S(=O)(=O)c2sc(S(=O)(=O)NC(=O)OCc3ccccc3CO[N+](=O)[O-])cc21. The smallest absolute Gasteiger partial charge is 0.421 e. The molecule has 3 rings (SSSR count). The summed E-state index contributed by atoms with van der Waals surface area (Å²) in [6.07, 6.45) is -0.830. The average Bonchev–Trinajstić information content (AvgIpc) is 3.33. The minimum Gasteiger partial charge on any atom is -0.444 e. The van der Waals surface area contributed by atoms with Gasteiger partial charge in [-0.15, -0.1) is 21.5 Å². The second kappa shape index (κ2) is 12.8. The number of hydrogen-bond acceptors (Lipinski definition) is 12. The van der Waals surface area contributed by atoms with Gasteiger partial charge >= 0.3 is 6.09 Å². The molecular weight excluding hydrogens is 564 g/mol. The van der Waals surface area contributed by atoms with E-state index in [1.807, 2.05) is 6.92 Å². The highest BCUT2D eigenvalue weighted by atomic mass is 32.3. The number of methoxy groups -OCH3 is 1. The Morgan fingerprint density at radius 1 is 1.26 bits per heavy atom. The average molecular weight is 593 g/mol. The van der Waals surface area contributed by atoms with Crippen molar-refractivity contribution in [1.82, 2.24) is 14.3 Å². The third-order valence-corrected chi connectivity index (χ3v) is 10.9. The van der Waals surface area contributed by atoms with Gasteiger partial charge in [0.1, 0.15) is 21.6 Å².